The van der Waals surface area contributed by atoms with Crippen molar-refractivity contribution in [2.45, 2.75) is 20.0 Å². The van der Waals surface area contributed by atoms with Gasteiger partial charge in [0.2, 0.25) is 5.78 Å². The van der Waals surface area contributed by atoms with E-state index in [1.807, 2.05) is 6.92 Å². The first-order chi connectivity index (χ1) is 13.0. The van der Waals surface area contributed by atoms with Gasteiger partial charge in [-0.05, 0) is 36.2 Å². The molecule has 0 saturated heterocycles. The van der Waals surface area contributed by atoms with Gasteiger partial charge < -0.3 is 13.9 Å². The Labute approximate surface area is 153 Å². The summed E-state index contributed by atoms with van der Waals surface area (Å²) in [7, 11) is 0. The van der Waals surface area contributed by atoms with E-state index in [0.29, 0.717) is 17.8 Å². The minimum absolute atomic E-state index is 0.00149. The number of hydrogen-bond acceptors (Lipinski definition) is 5. The zero-order valence-electron chi connectivity index (χ0n) is 14.4. The number of halogens is 2. The maximum absolute atomic E-state index is 12.5. The van der Waals surface area contributed by atoms with Gasteiger partial charge in [-0.15, -0.1) is 0 Å². The molecule has 0 N–H and O–H groups in total. The van der Waals surface area contributed by atoms with Crippen molar-refractivity contribution in [2.75, 3.05) is 6.61 Å². The second-order valence-electron chi connectivity index (χ2n) is 5.69. The fourth-order valence-corrected chi connectivity index (χ4v) is 2.71. The van der Waals surface area contributed by atoms with E-state index in [9.17, 15) is 18.4 Å². The van der Waals surface area contributed by atoms with E-state index >= 15 is 0 Å². The Hall–Kier alpha value is -3.22. The van der Waals surface area contributed by atoms with Crippen molar-refractivity contribution in [3.8, 4) is 11.5 Å². The minimum atomic E-state index is -3.03. The minimum Gasteiger partial charge on any atom is -0.485 e. The number of rotatable bonds is 7. The zero-order valence-corrected chi connectivity index (χ0v) is 14.4. The SMILES string of the molecule is CCc1cc(=O)oc2cc(OCC(=O)c3ccccc3OC(F)F)ccc12. The van der Waals surface area contributed by atoms with Gasteiger partial charge in [-0.1, -0.05) is 19.1 Å². The van der Waals surface area contributed by atoms with Gasteiger partial charge >= 0.3 is 12.2 Å². The van der Waals surface area contributed by atoms with Gasteiger partial charge in [-0.25, -0.2) is 4.79 Å². The van der Waals surface area contributed by atoms with E-state index in [1.165, 1.54) is 30.3 Å². The summed E-state index contributed by atoms with van der Waals surface area (Å²) in [5, 5.41) is 0.784. The smallest absolute Gasteiger partial charge is 0.387 e. The molecule has 5 nitrogen and oxygen atoms in total. The molecule has 0 aliphatic carbocycles. The van der Waals surface area contributed by atoms with Crippen LogP contribution in [0, 0.1) is 0 Å². The topological polar surface area (TPSA) is 65.7 Å². The van der Waals surface area contributed by atoms with Gasteiger partial charge in [0.05, 0.1) is 5.56 Å². The zero-order chi connectivity index (χ0) is 19.4. The Kier molecular flexibility index (Phi) is 5.49. The molecule has 0 fully saturated rings. The fourth-order valence-electron chi connectivity index (χ4n) is 2.71. The van der Waals surface area contributed by atoms with E-state index in [-0.39, 0.29) is 17.9 Å². The molecule has 140 valence electrons. The molecule has 0 amide bonds. The van der Waals surface area contributed by atoms with Crippen molar-refractivity contribution in [1.29, 1.82) is 0 Å². The Morgan fingerprint density at radius 2 is 1.93 bits per heavy atom. The number of alkyl halides is 2. The summed E-state index contributed by atoms with van der Waals surface area (Å²) in [6.45, 7) is -1.49. The third-order valence-corrected chi connectivity index (χ3v) is 3.96. The number of hydrogen-bond donors (Lipinski definition) is 0. The van der Waals surface area contributed by atoms with Crippen LogP contribution in [0.15, 0.2) is 57.7 Å². The number of ketones is 1. The molecule has 7 heteroatoms. The summed E-state index contributed by atoms with van der Waals surface area (Å²) in [5.41, 5.74) is 0.733. The van der Waals surface area contributed by atoms with E-state index in [0.717, 1.165) is 10.9 Å². The van der Waals surface area contributed by atoms with Crippen molar-refractivity contribution in [1.82, 2.24) is 0 Å². The molecule has 1 aromatic heterocycles. The monoisotopic (exact) mass is 374 g/mol. The van der Waals surface area contributed by atoms with Gasteiger partial charge in [0.25, 0.3) is 0 Å². The van der Waals surface area contributed by atoms with E-state index in [1.54, 1.807) is 18.2 Å². The summed E-state index contributed by atoms with van der Waals surface area (Å²) in [4.78, 5) is 23.9. The standard InChI is InChI=1S/C20H16F2O5/c1-2-12-9-19(24)26-18-10-13(7-8-14(12)18)25-11-16(23)15-5-3-4-6-17(15)27-20(21)22/h3-10,20H,2,11H2,1H3. The number of Topliss-reactive ketones (excluding diaryl/α,β-unsaturated/α-hetero) is 1. The first kappa shape index (κ1) is 18.6. The number of para-hydroxylation sites is 1. The van der Waals surface area contributed by atoms with Gasteiger partial charge in [0.15, 0.2) is 6.61 Å². The average Bonchev–Trinajstić information content (AvgIpc) is 2.65. The van der Waals surface area contributed by atoms with Crippen molar-refractivity contribution in [3.63, 3.8) is 0 Å². The molecule has 3 aromatic rings. The van der Waals surface area contributed by atoms with Gasteiger partial charge in [0.1, 0.15) is 17.1 Å². The first-order valence-corrected chi connectivity index (χ1v) is 8.24. The van der Waals surface area contributed by atoms with Crippen molar-refractivity contribution < 1.29 is 27.5 Å². The third-order valence-electron chi connectivity index (χ3n) is 3.96. The third kappa shape index (κ3) is 4.31. The number of ether oxygens (including phenoxy) is 2. The number of carbonyl (C=O) groups excluding carboxylic acids is 1. The molecule has 0 aliphatic heterocycles. The van der Waals surface area contributed by atoms with Crippen LogP contribution >= 0.6 is 0 Å². The molecule has 0 unspecified atom stereocenters. The van der Waals surface area contributed by atoms with Crippen LogP contribution in [-0.2, 0) is 6.42 Å². The number of carbonyl (C=O) groups is 1. The Morgan fingerprint density at radius 3 is 2.67 bits per heavy atom. The number of aryl methyl sites for hydroxylation is 1. The maximum atomic E-state index is 12.5. The molecule has 0 atom stereocenters. The second kappa shape index (κ2) is 7.99. The lowest BCUT2D eigenvalue weighted by molar-refractivity contribution is -0.0501. The summed E-state index contributed by atoms with van der Waals surface area (Å²) in [6, 6.07) is 12.1. The van der Waals surface area contributed by atoms with Crippen LogP contribution in [0.25, 0.3) is 11.0 Å². The molecule has 0 bridgehead atoms. The predicted molar refractivity (Wildman–Crippen MR) is 94.8 cm³/mol. The molecule has 1 heterocycles. The lowest BCUT2D eigenvalue weighted by Crippen LogP contribution is -2.14. The highest BCUT2D eigenvalue weighted by molar-refractivity contribution is 5.99. The van der Waals surface area contributed by atoms with Crippen molar-refractivity contribution in [2.24, 2.45) is 0 Å². The lowest BCUT2D eigenvalue weighted by Gasteiger charge is -2.11. The fraction of sp³-hybridized carbons (Fsp3) is 0.200. The van der Waals surface area contributed by atoms with Crippen LogP contribution in [0.5, 0.6) is 11.5 Å². The molecule has 27 heavy (non-hydrogen) atoms. The summed E-state index contributed by atoms with van der Waals surface area (Å²) in [5.74, 6) is -0.409. The molecule has 0 aliphatic rings. The molecular formula is C20H16F2O5. The average molecular weight is 374 g/mol. The summed E-state index contributed by atoms with van der Waals surface area (Å²) < 4.78 is 39.9. The van der Waals surface area contributed by atoms with Crippen molar-refractivity contribution in [3.05, 3.63) is 70.1 Å². The molecule has 2 aromatic carbocycles. The largest absolute Gasteiger partial charge is 0.485 e. The van der Waals surface area contributed by atoms with Gasteiger partial charge in [0, 0.05) is 17.5 Å². The molecule has 3 rings (SSSR count). The van der Waals surface area contributed by atoms with Crippen LogP contribution in [0.2, 0.25) is 0 Å². The van der Waals surface area contributed by atoms with E-state index < -0.39 is 18.0 Å². The van der Waals surface area contributed by atoms with Crippen LogP contribution in [0.3, 0.4) is 0 Å². The second-order valence-corrected chi connectivity index (χ2v) is 5.69. The molecule has 0 saturated carbocycles. The van der Waals surface area contributed by atoms with E-state index in [2.05, 4.69) is 4.74 Å². The highest BCUT2D eigenvalue weighted by Gasteiger charge is 2.16. The molecular weight excluding hydrogens is 358 g/mol. The normalized spacial score (nSPS) is 11.0. The maximum Gasteiger partial charge on any atom is 0.387 e. The van der Waals surface area contributed by atoms with Crippen molar-refractivity contribution >= 4 is 16.8 Å². The van der Waals surface area contributed by atoms with Crippen LogP contribution in [0.4, 0.5) is 8.78 Å². The highest BCUT2D eigenvalue weighted by atomic mass is 19.3. The quantitative estimate of drug-likeness (QED) is 0.458. The first-order valence-electron chi connectivity index (χ1n) is 8.24. The van der Waals surface area contributed by atoms with E-state index in [4.69, 9.17) is 9.15 Å². The van der Waals surface area contributed by atoms with Gasteiger partial charge in [-0.3, -0.25) is 4.79 Å². The summed E-state index contributed by atoms with van der Waals surface area (Å²) >= 11 is 0. The van der Waals surface area contributed by atoms with Gasteiger partial charge in [-0.2, -0.15) is 8.78 Å². The molecule has 0 radical (unpaired) electrons. The summed E-state index contributed by atoms with van der Waals surface area (Å²) in [6.07, 6.45) is 0.668. The molecule has 0 spiro atoms. The van der Waals surface area contributed by atoms with Crippen LogP contribution in [0.1, 0.15) is 22.8 Å². The van der Waals surface area contributed by atoms with Crippen LogP contribution < -0.4 is 15.1 Å². The Bertz CT molecular complexity index is 1030. The lowest BCUT2D eigenvalue weighted by atomic mass is 10.1. The van der Waals surface area contributed by atoms with Crippen LogP contribution in [-0.4, -0.2) is 19.0 Å². The highest BCUT2D eigenvalue weighted by Crippen LogP contribution is 2.24. The number of fused-ring (bicyclic) bond motifs is 1. The predicted octanol–water partition coefficient (Wildman–Crippen LogP) is 4.22. The Balaban J connectivity index is 1.79. The number of benzene rings is 2. The Morgan fingerprint density at radius 1 is 1.15 bits per heavy atom.